The molecular weight excluding hydrogens is 270 g/mol. The molecule has 1 aromatic carbocycles. The van der Waals surface area contributed by atoms with E-state index in [1.807, 2.05) is 13.8 Å². The van der Waals surface area contributed by atoms with Gasteiger partial charge in [0.25, 0.3) is 0 Å². The van der Waals surface area contributed by atoms with Crippen LogP contribution < -0.4 is 16.4 Å². The summed E-state index contributed by atoms with van der Waals surface area (Å²) >= 11 is 0. The largest absolute Gasteiger partial charge is 0.392 e. The van der Waals surface area contributed by atoms with Crippen molar-refractivity contribution in [2.45, 2.75) is 39.5 Å². The first kappa shape index (κ1) is 17.1. The van der Waals surface area contributed by atoms with Crippen LogP contribution in [-0.2, 0) is 16.2 Å². The van der Waals surface area contributed by atoms with Crippen LogP contribution in [0.5, 0.6) is 0 Å². The average Bonchev–Trinajstić information content (AvgIpc) is 2.46. The van der Waals surface area contributed by atoms with E-state index in [-0.39, 0.29) is 12.5 Å². The molecule has 0 aliphatic heterocycles. The molecule has 0 radical (unpaired) electrons. The van der Waals surface area contributed by atoms with Gasteiger partial charge < -0.3 is 16.2 Å². The number of carbonyl (C=O) groups is 2. The molecule has 0 saturated carbocycles. The van der Waals surface area contributed by atoms with Crippen LogP contribution in [0.2, 0.25) is 0 Å². The summed E-state index contributed by atoms with van der Waals surface area (Å²) in [6.45, 7) is 5.26. The summed E-state index contributed by atoms with van der Waals surface area (Å²) < 4.78 is 0. The Morgan fingerprint density at radius 2 is 1.71 bits per heavy atom. The zero-order valence-electron chi connectivity index (χ0n) is 12.6. The number of anilines is 1. The van der Waals surface area contributed by atoms with Crippen molar-refractivity contribution in [1.82, 2.24) is 5.32 Å². The fourth-order valence-corrected chi connectivity index (χ4v) is 1.64. The molecule has 116 valence electrons. The summed E-state index contributed by atoms with van der Waals surface area (Å²) in [5.41, 5.74) is 7.20. The lowest BCUT2D eigenvalue weighted by Crippen LogP contribution is -2.49. The van der Waals surface area contributed by atoms with Crippen LogP contribution in [0.4, 0.5) is 5.69 Å². The zero-order chi connectivity index (χ0) is 16.0. The number of benzene rings is 1. The summed E-state index contributed by atoms with van der Waals surface area (Å²) in [6.07, 6.45) is 0. The molecule has 0 aliphatic carbocycles. The van der Waals surface area contributed by atoms with E-state index >= 15 is 0 Å². The SMILES string of the molecule is CC(C)[C@H](N)C(=O)NC(=O)[C@H](C)Nc1ccc(CO)cc1. The van der Waals surface area contributed by atoms with Crippen molar-refractivity contribution < 1.29 is 14.7 Å². The third-order valence-corrected chi connectivity index (χ3v) is 3.18. The minimum absolute atomic E-state index is 0.0298. The molecule has 0 aromatic heterocycles. The quantitative estimate of drug-likeness (QED) is 0.615. The molecule has 0 fully saturated rings. The van der Waals surface area contributed by atoms with Crippen LogP contribution in [0, 0.1) is 5.92 Å². The number of hydrogen-bond acceptors (Lipinski definition) is 5. The average molecular weight is 293 g/mol. The lowest BCUT2D eigenvalue weighted by molar-refractivity contribution is -0.131. The molecule has 0 spiro atoms. The van der Waals surface area contributed by atoms with Crippen molar-refractivity contribution >= 4 is 17.5 Å². The van der Waals surface area contributed by atoms with Crippen molar-refractivity contribution in [3.05, 3.63) is 29.8 Å². The highest BCUT2D eigenvalue weighted by Crippen LogP contribution is 2.10. The first-order valence-corrected chi connectivity index (χ1v) is 6.91. The van der Waals surface area contributed by atoms with Gasteiger partial charge in [-0.25, -0.2) is 0 Å². The van der Waals surface area contributed by atoms with Gasteiger partial charge in [0.2, 0.25) is 11.8 Å². The van der Waals surface area contributed by atoms with E-state index in [2.05, 4.69) is 10.6 Å². The molecule has 2 atom stereocenters. The monoisotopic (exact) mass is 293 g/mol. The minimum Gasteiger partial charge on any atom is -0.392 e. The summed E-state index contributed by atoms with van der Waals surface area (Å²) in [6, 6.07) is 5.76. The summed E-state index contributed by atoms with van der Waals surface area (Å²) in [4.78, 5) is 23.6. The molecule has 0 heterocycles. The van der Waals surface area contributed by atoms with Gasteiger partial charge in [-0.1, -0.05) is 26.0 Å². The number of imide groups is 1. The third kappa shape index (κ3) is 5.17. The topological polar surface area (TPSA) is 104 Å². The number of aliphatic hydroxyl groups is 1. The Kier molecular flexibility index (Phi) is 6.33. The van der Waals surface area contributed by atoms with Crippen LogP contribution >= 0.6 is 0 Å². The Morgan fingerprint density at radius 1 is 1.14 bits per heavy atom. The van der Waals surface area contributed by atoms with Crippen molar-refractivity contribution in [3.8, 4) is 0 Å². The lowest BCUT2D eigenvalue weighted by atomic mass is 10.0. The van der Waals surface area contributed by atoms with E-state index in [1.165, 1.54) is 0 Å². The van der Waals surface area contributed by atoms with Gasteiger partial charge in [0.1, 0.15) is 6.04 Å². The summed E-state index contributed by atoms with van der Waals surface area (Å²) in [7, 11) is 0. The van der Waals surface area contributed by atoms with Crippen molar-refractivity contribution in [1.29, 1.82) is 0 Å². The van der Waals surface area contributed by atoms with Crippen molar-refractivity contribution in [2.75, 3.05) is 5.32 Å². The lowest BCUT2D eigenvalue weighted by Gasteiger charge is -2.18. The fraction of sp³-hybridized carbons (Fsp3) is 0.467. The molecule has 21 heavy (non-hydrogen) atoms. The second-order valence-corrected chi connectivity index (χ2v) is 5.34. The van der Waals surface area contributed by atoms with Crippen molar-refractivity contribution in [2.24, 2.45) is 11.7 Å². The van der Waals surface area contributed by atoms with Crippen LogP contribution in [0.25, 0.3) is 0 Å². The molecular formula is C15H23N3O3. The Labute approximate surface area is 124 Å². The third-order valence-electron chi connectivity index (χ3n) is 3.18. The van der Waals surface area contributed by atoms with E-state index in [0.29, 0.717) is 0 Å². The number of aliphatic hydroxyl groups excluding tert-OH is 1. The Morgan fingerprint density at radius 3 is 2.19 bits per heavy atom. The maximum absolute atomic E-state index is 11.9. The minimum atomic E-state index is -0.704. The predicted octanol–water partition coefficient (Wildman–Crippen LogP) is 0.605. The highest BCUT2D eigenvalue weighted by molar-refractivity contribution is 6.00. The van der Waals surface area contributed by atoms with Gasteiger partial charge in [-0.15, -0.1) is 0 Å². The predicted molar refractivity (Wildman–Crippen MR) is 81.4 cm³/mol. The van der Waals surface area contributed by atoms with Gasteiger partial charge in [0, 0.05) is 5.69 Å². The maximum atomic E-state index is 11.9. The van der Waals surface area contributed by atoms with Gasteiger partial charge >= 0.3 is 0 Å². The van der Waals surface area contributed by atoms with Gasteiger partial charge in [0.15, 0.2) is 0 Å². The molecule has 0 bridgehead atoms. The summed E-state index contributed by atoms with van der Waals surface area (Å²) in [5, 5.41) is 14.2. The number of nitrogens with one attached hydrogen (secondary N) is 2. The molecule has 0 aliphatic rings. The number of nitrogens with two attached hydrogens (primary N) is 1. The number of amides is 2. The second kappa shape index (κ2) is 7.75. The van der Waals surface area contributed by atoms with Gasteiger partial charge in [-0.05, 0) is 30.5 Å². The number of carbonyl (C=O) groups excluding carboxylic acids is 2. The molecule has 0 saturated heterocycles. The van der Waals surface area contributed by atoms with Gasteiger partial charge in [-0.3, -0.25) is 14.9 Å². The number of rotatable bonds is 6. The fourth-order valence-electron chi connectivity index (χ4n) is 1.64. The molecule has 0 unspecified atom stereocenters. The molecule has 2 amide bonds. The van der Waals surface area contributed by atoms with E-state index in [4.69, 9.17) is 10.8 Å². The number of hydrogen-bond donors (Lipinski definition) is 4. The summed E-state index contributed by atoms with van der Waals surface area (Å²) in [5.74, 6) is -0.936. The van der Waals surface area contributed by atoms with Crippen molar-refractivity contribution in [3.63, 3.8) is 0 Å². The highest BCUT2D eigenvalue weighted by atomic mass is 16.3. The second-order valence-electron chi connectivity index (χ2n) is 5.34. The van der Waals surface area contributed by atoms with Gasteiger partial charge in [0.05, 0.1) is 12.6 Å². The Bertz CT molecular complexity index is 485. The molecule has 1 aromatic rings. The van der Waals surface area contributed by atoms with E-state index < -0.39 is 23.9 Å². The van der Waals surface area contributed by atoms with Crippen LogP contribution in [0.15, 0.2) is 24.3 Å². The highest BCUT2D eigenvalue weighted by Gasteiger charge is 2.22. The first-order valence-electron chi connectivity index (χ1n) is 6.91. The van der Waals surface area contributed by atoms with E-state index in [1.54, 1.807) is 31.2 Å². The molecule has 1 rings (SSSR count). The maximum Gasteiger partial charge on any atom is 0.248 e. The van der Waals surface area contributed by atoms with E-state index in [0.717, 1.165) is 11.3 Å². The standard InChI is InChI=1S/C15H23N3O3/c1-9(2)13(16)15(21)18-14(20)10(3)17-12-6-4-11(8-19)5-7-12/h4-7,9-10,13,17,19H,8,16H2,1-3H3,(H,18,20,21)/t10-,13-/m0/s1. The smallest absolute Gasteiger partial charge is 0.248 e. The molecule has 5 N–H and O–H groups in total. The Balaban J connectivity index is 2.56. The molecule has 6 heteroatoms. The van der Waals surface area contributed by atoms with Crippen LogP contribution in [0.1, 0.15) is 26.3 Å². The van der Waals surface area contributed by atoms with Crippen LogP contribution in [-0.4, -0.2) is 29.0 Å². The molecule has 6 nitrogen and oxygen atoms in total. The van der Waals surface area contributed by atoms with Gasteiger partial charge in [-0.2, -0.15) is 0 Å². The van der Waals surface area contributed by atoms with Crippen LogP contribution in [0.3, 0.4) is 0 Å². The normalized spacial score (nSPS) is 13.6. The zero-order valence-corrected chi connectivity index (χ0v) is 12.6. The van der Waals surface area contributed by atoms with E-state index in [9.17, 15) is 9.59 Å². The first-order chi connectivity index (χ1) is 9.85. The Hall–Kier alpha value is -1.92.